The summed E-state index contributed by atoms with van der Waals surface area (Å²) in [6, 6.07) is 5.17. The van der Waals surface area contributed by atoms with Gasteiger partial charge in [-0.3, -0.25) is 0 Å². The molecule has 0 unspecified atom stereocenters. The van der Waals surface area contributed by atoms with E-state index in [1.807, 2.05) is 4.90 Å². The van der Waals surface area contributed by atoms with Crippen LogP contribution in [0.25, 0.3) is 0 Å². The van der Waals surface area contributed by atoms with Crippen molar-refractivity contribution in [2.24, 2.45) is 5.14 Å². The van der Waals surface area contributed by atoms with Crippen molar-refractivity contribution < 1.29 is 13.2 Å². The number of anilines is 2. The zero-order valence-electron chi connectivity index (χ0n) is 10.9. The minimum absolute atomic E-state index is 0.0792. The highest BCUT2D eigenvalue weighted by molar-refractivity contribution is 7.89. The molecule has 0 bridgehead atoms. The third-order valence-corrected chi connectivity index (χ3v) is 4.06. The standard InChI is InChI=1S/C12H19N3O3S/c1-18-7-6-15(10-3-4-10)11-5-2-9(13)8-12(11)19(14,16)17/h2,5,8,10H,3-4,6-7,13H2,1H3,(H2,14,16,17). The summed E-state index contributed by atoms with van der Waals surface area (Å²) in [4.78, 5) is 2.11. The molecule has 1 aliphatic carbocycles. The highest BCUT2D eigenvalue weighted by Crippen LogP contribution is 2.35. The fourth-order valence-corrected chi connectivity index (χ4v) is 2.85. The molecule has 2 rings (SSSR count). The van der Waals surface area contributed by atoms with Crippen LogP contribution in [0.3, 0.4) is 0 Å². The number of ether oxygens (including phenoxy) is 1. The molecule has 0 aromatic heterocycles. The molecule has 0 aliphatic heterocycles. The van der Waals surface area contributed by atoms with Gasteiger partial charge in [-0.05, 0) is 31.0 Å². The first-order chi connectivity index (χ1) is 8.93. The fourth-order valence-electron chi connectivity index (χ4n) is 2.07. The van der Waals surface area contributed by atoms with Gasteiger partial charge in [-0.25, -0.2) is 13.6 Å². The van der Waals surface area contributed by atoms with E-state index in [-0.39, 0.29) is 4.90 Å². The Morgan fingerprint density at radius 3 is 2.63 bits per heavy atom. The smallest absolute Gasteiger partial charge is 0.240 e. The molecule has 6 nitrogen and oxygen atoms in total. The molecule has 1 saturated carbocycles. The largest absolute Gasteiger partial charge is 0.399 e. The molecule has 19 heavy (non-hydrogen) atoms. The van der Waals surface area contributed by atoms with Crippen molar-refractivity contribution in [2.45, 2.75) is 23.8 Å². The van der Waals surface area contributed by atoms with Crippen molar-refractivity contribution >= 4 is 21.4 Å². The van der Waals surface area contributed by atoms with Crippen LogP contribution >= 0.6 is 0 Å². The normalized spacial score (nSPS) is 15.5. The van der Waals surface area contributed by atoms with Crippen LogP contribution in [-0.4, -0.2) is 34.7 Å². The third-order valence-electron chi connectivity index (χ3n) is 3.12. The van der Waals surface area contributed by atoms with Gasteiger partial charge < -0.3 is 15.4 Å². The van der Waals surface area contributed by atoms with Crippen LogP contribution in [-0.2, 0) is 14.8 Å². The first-order valence-corrected chi connectivity index (χ1v) is 7.66. The number of rotatable bonds is 6. The van der Waals surface area contributed by atoms with Crippen LogP contribution in [0, 0.1) is 0 Å². The zero-order chi connectivity index (χ0) is 14.0. The fraction of sp³-hybridized carbons (Fsp3) is 0.500. The maximum absolute atomic E-state index is 11.7. The van der Waals surface area contributed by atoms with Gasteiger partial charge in [-0.15, -0.1) is 0 Å². The Kier molecular flexibility index (Phi) is 3.98. The van der Waals surface area contributed by atoms with E-state index in [9.17, 15) is 8.42 Å². The van der Waals surface area contributed by atoms with Gasteiger partial charge in [0.15, 0.2) is 0 Å². The Labute approximate surface area is 113 Å². The first-order valence-electron chi connectivity index (χ1n) is 6.11. The van der Waals surface area contributed by atoms with Crippen LogP contribution in [0.2, 0.25) is 0 Å². The summed E-state index contributed by atoms with van der Waals surface area (Å²) in [6.45, 7) is 1.17. The first kappa shape index (κ1) is 14.1. The summed E-state index contributed by atoms with van der Waals surface area (Å²) in [5, 5.41) is 5.27. The van der Waals surface area contributed by atoms with Crippen LogP contribution in [0.1, 0.15) is 12.8 Å². The number of hydrogen-bond donors (Lipinski definition) is 2. The molecule has 4 N–H and O–H groups in total. The Bertz CT molecular complexity index is 555. The molecule has 1 aromatic carbocycles. The molecule has 0 atom stereocenters. The summed E-state index contributed by atoms with van der Waals surface area (Å²) < 4.78 is 28.5. The van der Waals surface area contributed by atoms with Crippen molar-refractivity contribution in [3.63, 3.8) is 0 Å². The maximum atomic E-state index is 11.7. The Balaban J connectivity index is 2.41. The molecule has 0 radical (unpaired) electrons. The maximum Gasteiger partial charge on any atom is 0.240 e. The van der Waals surface area contributed by atoms with Crippen molar-refractivity contribution in [1.29, 1.82) is 0 Å². The molecule has 106 valence electrons. The van der Waals surface area contributed by atoms with Gasteiger partial charge >= 0.3 is 0 Å². The molecule has 1 fully saturated rings. The minimum Gasteiger partial charge on any atom is -0.399 e. The summed E-state index contributed by atoms with van der Waals surface area (Å²) in [5.74, 6) is 0. The number of benzene rings is 1. The van der Waals surface area contributed by atoms with E-state index in [1.165, 1.54) is 6.07 Å². The lowest BCUT2D eigenvalue weighted by molar-refractivity contribution is 0.205. The van der Waals surface area contributed by atoms with Gasteiger partial charge in [0.2, 0.25) is 10.0 Å². The van der Waals surface area contributed by atoms with Gasteiger partial charge in [0, 0.05) is 25.4 Å². The molecule has 0 spiro atoms. The highest BCUT2D eigenvalue weighted by atomic mass is 32.2. The van der Waals surface area contributed by atoms with Crippen LogP contribution in [0.4, 0.5) is 11.4 Å². The Morgan fingerprint density at radius 1 is 1.42 bits per heavy atom. The monoisotopic (exact) mass is 285 g/mol. The molecule has 0 amide bonds. The number of sulfonamides is 1. The van der Waals surface area contributed by atoms with Gasteiger partial charge in [0.25, 0.3) is 0 Å². The van der Waals surface area contributed by atoms with Crippen LogP contribution in [0.15, 0.2) is 23.1 Å². The van der Waals surface area contributed by atoms with Gasteiger partial charge in [0.1, 0.15) is 4.90 Å². The van der Waals surface area contributed by atoms with Crippen LogP contribution in [0.5, 0.6) is 0 Å². The summed E-state index contributed by atoms with van der Waals surface area (Å²) in [7, 11) is -2.17. The summed E-state index contributed by atoms with van der Waals surface area (Å²) in [5.41, 5.74) is 6.65. The predicted molar refractivity (Wildman–Crippen MR) is 74.5 cm³/mol. The molecule has 1 aromatic rings. The SMILES string of the molecule is COCCN(c1ccc(N)cc1S(N)(=O)=O)C1CC1. The third kappa shape index (κ3) is 3.37. The van der Waals surface area contributed by atoms with E-state index >= 15 is 0 Å². The van der Waals surface area contributed by atoms with E-state index in [0.717, 1.165) is 12.8 Å². The number of primary sulfonamides is 1. The molecule has 0 heterocycles. The summed E-state index contributed by atoms with van der Waals surface area (Å²) >= 11 is 0. The lowest BCUT2D eigenvalue weighted by Crippen LogP contribution is -2.31. The number of hydrogen-bond acceptors (Lipinski definition) is 5. The van der Waals surface area contributed by atoms with Crippen molar-refractivity contribution in [3.05, 3.63) is 18.2 Å². The summed E-state index contributed by atoms with van der Waals surface area (Å²) in [6.07, 6.45) is 2.11. The number of nitrogen functional groups attached to an aromatic ring is 1. The zero-order valence-corrected chi connectivity index (χ0v) is 11.7. The van der Waals surface area contributed by atoms with E-state index in [4.69, 9.17) is 15.6 Å². The number of methoxy groups -OCH3 is 1. The molecule has 1 aliphatic rings. The van der Waals surface area contributed by atoms with Crippen molar-refractivity contribution in [3.8, 4) is 0 Å². The average molecular weight is 285 g/mol. The van der Waals surface area contributed by atoms with Crippen molar-refractivity contribution in [1.82, 2.24) is 0 Å². The predicted octanol–water partition coefficient (Wildman–Crippen LogP) is 0.531. The molecular weight excluding hydrogens is 266 g/mol. The van der Waals surface area contributed by atoms with Gasteiger partial charge in [0.05, 0.1) is 12.3 Å². The molecule has 7 heteroatoms. The van der Waals surface area contributed by atoms with Gasteiger partial charge in [-0.1, -0.05) is 0 Å². The second-order valence-electron chi connectivity index (χ2n) is 4.69. The van der Waals surface area contributed by atoms with E-state index in [0.29, 0.717) is 30.6 Å². The second kappa shape index (κ2) is 5.36. The number of nitrogens with two attached hydrogens (primary N) is 2. The molecular formula is C12H19N3O3S. The number of nitrogens with zero attached hydrogens (tertiary/aromatic N) is 1. The van der Waals surface area contributed by atoms with Gasteiger partial charge in [-0.2, -0.15) is 0 Å². The van der Waals surface area contributed by atoms with Crippen molar-refractivity contribution in [2.75, 3.05) is 30.9 Å². The Hall–Kier alpha value is -1.31. The second-order valence-corrected chi connectivity index (χ2v) is 6.22. The highest BCUT2D eigenvalue weighted by Gasteiger charge is 2.31. The minimum atomic E-state index is -3.79. The average Bonchev–Trinajstić information content (AvgIpc) is 3.14. The van der Waals surface area contributed by atoms with Crippen LogP contribution < -0.4 is 15.8 Å². The van der Waals surface area contributed by atoms with E-state index in [1.54, 1.807) is 19.2 Å². The van der Waals surface area contributed by atoms with E-state index < -0.39 is 10.0 Å². The quantitative estimate of drug-likeness (QED) is 0.743. The lowest BCUT2D eigenvalue weighted by Gasteiger charge is -2.26. The topological polar surface area (TPSA) is 98.7 Å². The lowest BCUT2D eigenvalue weighted by atomic mass is 10.2. The Morgan fingerprint density at radius 2 is 2.11 bits per heavy atom. The van der Waals surface area contributed by atoms with E-state index in [2.05, 4.69) is 0 Å². The molecule has 0 saturated heterocycles.